The number of aliphatic hydroxyl groups is 2. The summed E-state index contributed by atoms with van der Waals surface area (Å²) in [5, 5.41) is 18.2. The molecule has 0 aromatic carbocycles. The Morgan fingerprint density at radius 3 is 3.06 bits per heavy atom. The SMILES string of the molecule is OCc1cncc(N2CCOCC2CO)n1. The fourth-order valence-electron chi connectivity index (χ4n) is 1.72. The van der Waals surface area contributed by atoms with E-state index in [1.165, 1.54) is 6.20 Å². The van der Waals surface area contributed by atoms with E-state index < -0.39 is 0 Å². The highest BCUT2D eigenvalue weighted by molar-refractivity contribution is 5.38. The minimum atomic E-state index is -0.130. The van der Waals surface area contributed by atoms with E-state index in [-0.39, 0.29) is 19.3 Å². The first kappa shape index (κ1) is 11.3. The molecule has 1 aromatic rings. The average molecular weight is 225 g/mol. The van der Waals surface area contributed by atoms with Crippen LogP contribution >= 0.6 is 0 Å². The summed E-state index contributed by atoms with van der Waals surface area (Å²) in [7, 11) is 0. The molecule has 1 saturated heterocycles. The highest BCUT2D eigenvalue weighted by Crippen LogP contribution is 2.16. The molecule has 6 heteroatoms. The minimum absolute atomic E-state index is 0.0189. The van der Waals surface area contributed by atoms with Gasteiger partial charge in [0.25, 0.3) is 0 Å². The normalized spacial score (nSPS) is 21.1. The summed E-state index contributed by atoms with van der Waals surface area (Å²) in [6.07, 6.45) is 3.16. The Labute approximate surface area is 93.5 Å². The van der Waals surface area contributed by atoms with Crippen molar-refractivity contribution < 1.29 is 14.9 Å². The van der Waals surface area contributed by atoms with Crippen molar-refractivity contribution in [1.82, 2.24) is 9.97 Å². The van der Waals surface area contributed by atoms with Crippen LogP contribution in [0.4, 0.5) is 5.82 Å². The molecule has 1 fully saturated rings. The van der Waals surface area contributed by atoms with Crippen LogP contribution in [-0.4, -0.2) is 52.6 Å². The molecule has 0 bridgehead atoms. The van der Waals surface area contributed by atoms with Crippen LogP contribution in [-0.2, 0) is 11.3 Å². The topological polar surface area (TPSA) is 78.7 Å². The van der Waals surface area contributed by atoms with Gasteiger partial charge >= 0.3 is 0 Å². The average Bonchev–Trinajstić information content (AvgIpc) is 2.38. The lowest BCUT2D eigenvalue weighted by atomic mass is 10.2. The number of nitrogens with zero attached hydrogens (tertiary/aromatic N) is 3. The van der Waals surface area contributed by atoms with Gasteiger partial charge in [-0.1, -0.05) is 0 Å². The number of hydrogen-bond donors (Lipinski definition) is 2. The summed E-state index contributed by atoms with van der Waals surface area (Å²) < 4.78 is 5.28. The predicted molar refractivity (Wildman–Crippen MR) is 57.0 cm³/mol. The second-order valence-corrected chi connectivity index (χ2v) is 3.63. The van der Waals surface area contributed by atoms with E-state index in [0.29, 0.717) is 31.3 Å². The van der Waals surface area contributed by atoms with Crippen molar-refractivity contribution in [3.05, 3.63) is 18.1 Å². The third-order valence-electron chi connectivity index (χ3n) is 2.57. The van der Waals surface area contributed by atoms with Gasteiger partial charge < -0.3 is 19.8 Å². The number of aromatic nitrogens is 2. The molecule has 88 valence electrons. The molecule has 0 aliphatic carbocycles. The molecule has 2 N–H and O–H groups in total. The summed E-state index contributed by atoms with van der Waals surface area (Å²) in [4.78, 5) is 10.2. The molecule has 1 atom stereocenters. The van der Waals surface area contributed by atoms with Crippen LogP contribution in [0.2, 0.25) is 0 Å². The maximum absolute atomic E-state index is 9.23. The van der Waals surface area contributed by atoms with Crippen molar-refractivity contribution >= 4 is 5.82 Å². The highest BCUT2D eigenvalue weighted by Gasteiger charge is 2.23. The quantitative estimate of drug-likeness (QED) is 0.699. The zero-order valence-corrected chi connectivity index (χ0v) is 8.91. The van der Waals surface area contributed by atoms with Crippen LogP contribution in [0.25, 0.3) is 0 Å². The van der Waals surface area contributed by atoms with Crippen molar-refractivity contribution in [2.45, 2.75) is 12.6 Å². The molecule has 0 amide bonds. The predicted octanol–water partition coefficient (Wildman–Crippen LogP) is -0.834. The van der Waals surface area contributed by atoms with E-state index in [1.807, 2.05) is 4.90 Å². The molecule has 1 aliphatic heterocycles. The van der Waals surface area contributed by atoms with Crippen LogP contribution in [0.5, 0.6) is 0 Å². The van der Waals surface area contributed by atoms with Crippen molar-refractivity contribution in [3.63, 3.8) is 0 Å². The largest absolute Gasteiger partial charge is 0.394 e. The van der Waals surface area contributed by atoms with E-state index in [1.54, 1.807) is 6.20 Å². The zero-order valence-electron chi connectivity index (χ0n) is 8.91. The summed E-state index contributed by atoms with van der Waals surface area (Å²) in [6, 6.07) is -0.0861. The first-order valence-corrected chi connectivity index (χ1v) is 5.22. The Hall–Kier alpha value is -1.24. The molecule has 1 aromatic heterocycles. The lowest BCUT2D eigenvalue weighted by molar-refractivity contribution is 0.0722. The maximum atomic E-state index is 9.23. The molecule has 0 radical (unpaired) electrons. The van der Waals surface area contributed by atoms with Gasteiger partial charge in [0.2, 0.25) is 0 Å². The molecule has 16 heavy (non-hydrogen) atoms. The monoisotopic (exact) mass is 225 g/mol. The molecular weight excluding hydrogens is 210 g/mol. The van der Waals surface area contributed by atoms with Crippen LogP contribution < -0.4 is 4.90 Å². The lowest BCUT2D eigenvalue weighted by Gasteiger charge is -2.35. The molecule has 1 aliphatic rings. The van der Waals surface area contributed by atoms with Crippen LogP contribution in [0.3, 0.4) is 0 Å². The molecular formula is C10H15N3O3. The maximum Gasteiger partial charge on any atom is 0.147 e. The first-order chi connectivity index (χ1) is 7.85. The summed E-state index contributed by atoms with van der Waals surface area (Å²) in [5.74, 6) is 0.675. The van der Waals surface area contributed by atoms with E-state index >= 15 is 0 Å². The third kappa shape index (κ3) is 2.29. The first-order valence-electron chi connectivity index (χ1n) is 5.22. The van der Waals surface area contributed by atoms with E-state index in [4.69, 9.17) is 9.84 Å². The van der Waals surface area contributed by atoms with Crippen molar-refractivity contribution in [1.29, 1.82) is 0 Å². The third-order valence-corrected chi connectivity index (χ3v) is 2.57. The van der Waals surface area contributed by atoms with Gasteiger partial charge in [-0.25, -0.2) is 4.98 Å². The van der Waals surface area contributed by atoms with Crippen LogP contribution in [0.15, 0.2) is 12.4 Å². The number of hydrogen-bond acceptors (Lipinski definition) is 6. The molecule has 0 saturated carbocycles. The van der Waals surface area contributed by atoms with Gasteiger partial charge in [-0.2, -0.15) is 0 Å². The molecule has 2 heterocycles. The summed E-state index contributed by atoms with van der Waals surface area (Å²) in [6.45, 7) is 1.66. The number of anilines is 1. The molecule has 2 rings (SSSR count). The molecule has 6 nitrogen and oxygen atoms in total. The second kappa shape index (κ2) is 5.20. The van der Waals surface area contributed by atoms with Crippen molar-refractivity contribution in [2.75, 3.05) is 31.3 Å². The van der Waals surface area contributed by atoms with Crippen molar-refractivity contribution in [3.8, 4) is 0 Å². The van der Waals surface area contributed by atoms with Crippen LogP contribution in [0.1, 0.15) is 5.69 Å². The van der Waals surface area contributed by atoms with E-state index in [2.05, 4.69) is 9.97 Å². The standard InChI is InChI=1S/C10H15N3O3/c14-5-8-3-11-4-10(12-8)13-1-2-16-7-9(13)6-15/h3-4,9,14-15H,1-2,5-7H2. The summed E-state index contributed by atoms with van der Waals surface area (Å²) in [5.41, 5.74) is 0.528. The number of ether oxygens (including phenoxy) is 1. The summed E-state index contributed by atoms with van der Waals surface area (Å²) >= 11 is 0. The fraction of sp³-hybridized carbons (Fsp3) is 0.600. The lowest BCUT2D eigenvalue weighted by Crippen LogP contribution is -2.48. The number of aliphatic hydroxyl groups excluding tert-OH is 2. The smallest absolute Gasteiger partial charge is 0.147 e. The molecule has 0 spiro atoms. The Bertz CT molecular complexity index is 348. The van der Waals surface area contributed by atoms with Gasteiger partial charge in [-0.15, -0.1) is 0 Å². The molecule has 1 unspecified atom stereocenters. The fourth-order valence-corrected chi connectivity index (χ4v) is 1.72. The van der Waals surface area contributed by atoms with Gasteiger partial charge in [0.05, 0.1) is 50.6 Å². The van der Waals surface area contributed by atoms with Crippen LogP contribution in [0, 0.1) is 0 Å². The van der Waals surface area contributed by atoms with E-state index in [9.17, 15) is 5.11 Å². The van der Waals surface area contributed by atoms with Gasteiger partial charge in [0.15, 0.2) is 0 Å². The zero-order chi connectivity index (χ0) is 11.4. The van der Waals surface area contributed by atoms with Gasteiger partial charge in [-0.3, -0.25) is 4.98 Å². The van der Waals surface area contributed by atoms with Gasteiger partial charge in [0.1, 0.15) is 5.82 Å². The number of morpholine rings is 1. The Balaban J connectivity index is 2.20. The van der Waals surface area contributed by atoms with Gasteiger partial charge in [0, 0.05) is 6.54 Å². The highest BCUT2D eigenvalue weighted by atomic mass is 16.5. The van der Waals surface area contributed by atoms with Crippen molar-refractivity contribution in [2.24, 2.45) is 0 Å². The Kier molecular flexibility index (Phi) is 3.66. The van der Waals surface area contributed by atoms with E-state index in [0.717, 1.165) is 0 Å². The Morgan fingerprint density at radius 1 is 1.44 bits per heavy atom. The second-order valence-electron chi connectivity index (χ2n) is 3.63. The minimum Gasteiger partial charge on any atom is -0.394 e. The number of rotatable bonds is 3. The Morgan fingerprint density at radius 2 is 2.31 bits per heavy atom. The van der Waals surface area contributed by atoms with Gasteiger partial charge in [-0.05, 0) is 0 Å².